The zero-order valence-electron chi connectivity index (χ0n) is 17.0. The van der Waals surface area contributed by atoms with E-state index in [1.807, 2.05) is 50.2 Å². The molecule has 28 heavy (non-hydrogen) atoms. The van der Waals surface area contributed by atoms with Crippen molar-refractivity contribution in [1.29, 1.82) is 0 Å². The highest BCUT2D eigenvalue weighted by Crippen LogP contribution is 2.33. The van der Waals surface area contributed by atoms with Crippen LogP contribution < -0.4 is 10.1 Å². The maximum atomic E-state index is 11.6. The number of piperidine rings is 1. The van der Waals surface area contributed by atoms with E-state index in [0.29, 0.717) is 12.5 Å². The number of halogens is 1. The summed E-state index contributed by atoms with van der Waals surface area (Å²) in [5.41, 5.74) is 3.18. The fourth-order valence-corrected chi connectivity index (χ4v) is 3.38. The normalized spacial score (nSPS) is 15.9. The molecule has 0 radical (unpaired) electrons. The minimum absolute atomic E-state index is 0.229. The molecule has 5 heteroatoms. The van der Waals surface area contributed by atoms with Gasteiger partial charge in [-0.15, -0.1) is 0 Å². The monoisotopic (exact) mass is 403 g/mol. The maximum absolute atomic E-state index is 11.6. The first kappa shape index (κ1) is 22.3. The van der Waals surface area contributed by atoms with Crippen molar-refractivity contribution in [3.05, 3.63) is 64.2 Å². The lowest BCUT2D eigenvalue weighted by atomic mass is 9.89. The molecular weight excluding hydrogens is 374 g/mol. The predicted molar refractivity (Wildman–Crippen MR) is 114 cm³/mol. The van der Waals surface area contributed by atoms with Crippen molar-refractivity contribution in [2.45, 2.75) is 45.6 Å². The summed E-state index contributed by atoms with van der Waals surface area (Å²) in [5.74, 6) is 1.04. The summed E-state index contributed by atoms with van der Waals surface area (Å²) >= 11 is 5.94. The van der Waals surface area contributed by atoms with E-state index in [-0.39, 0.29) is 12.4 Å². The average molecular weight is 404 g/mol. The summed E-state index contributed by atoms with van der Waals surface area (Å²) in [6.45, 7) is 6.47. The van der Waals surface area contributed by atoms with Gasteiger partial charge in [0.1, 0.15) is 12.4 Å². The first-order chi connectivity index (χ1) is 13.7. The van der Waals surface area contributed by atoms with E-state index < -0.39 is 0 Å². The number of hydrogen-bond donors (Lipinski definition) is 1. The third kappa shape index (κ3) is 6.54. The van der Waals surface area contributed by atoms with Gasteiger partial charge in [-0.1, -0.05) is 49.7 Å². The number of esters is 1. The van der Waals surface area contributed by atoms with Gasteiger partial charge in [0.05, 0.1) is 13.5 Å². The minimum atomic E-state index is -0.229. The Morgan fingerprint density at radius 1 is 1.14 bits per heavy atom. The Hall–Kier alpha value is -2.04. The van der Waals surface area contributed by atoms with E-state index in [0.717, 1.165) is 53.4 Å². The number of hydrogen-bond acceptors (Lipinski definition) is 4. The summed E-state index contributed by atoms with van der Waals surface area (Å²) in [4.78, 5) is 11.6. The lowest BCUT2D eigenvalue weighted by Gasteiger charge is -2.25. The van der Waals surface area contributed by atoms with Crippen LogP contribution in [0.2, 0.25) is 5.02 Å². The molecule has 0 saturated carbocycles. The van der Waals surface area contributed by atoms with Crippen molar-refractivity contribution in [2.24, 2.45) is 0 Å². The highest BCUT2D eigenvalue weighted by Gasteiger charge is 2.20. The second-order valence-corrected chi connectivity index (χ2v) is 7.02. The molecule has 1 fully saturated rings. The van der Waals surface area contributed by atoms with E-state index in [1.165, 1.54) is 7.11 Å². The number of carbonyl (C=O) groups excluding carboxylic acids is 1. The Bertz CT molecular complexity index is 740. The summed E-state index contributed by atoms with van der Waals surface area (Å²) in [6.07, 6.45) is 2.54. The highest BCUT2D eigenvalue weighted by atomic mass is 35.5. The van der Waals surface area contributed by atoms with Gasteiger partial charge >= 0.3 is 5.97 Å². The van der Waals surface area contributed by atoms with Crippen molar-refractivity contribution in [3.8, 4) is 5.75 Å². The molecule has 1 aliphatic heterocycles. The molecule has 1 saturated heterocycles. The van der Waals surface area contributed by atoms with Gasteiger partial charge in [0.25, 0.3) is 0 Å². The quantitative estimate of drug-likeness (QED) is 0.679. The van der Waals surface area contributed by atoms with Gasteiger partial charge in [0.15, 0.2) is 0 Å². The van der Waals surface area contributed by atoms with Gasteiger partial charge in [0, 0.05) is 17.5 Å². The zero-order valence-corrected chi connectivity index (χ0v) is 17.7. The second-order valence-electron chi connectivity index (χ2n) is 6.58. The maximum Gasteiger partial charge on any atom is 0.309 e. The fourth-order valence-electron chi connectivity index (χ4n) is 3.26. The second kappa shape index (κ2) is 11.7. The Morgan fingerprint density at radius 3 is 2.50 bits per heavy atom. The predicted octanol–water partition coefficient (Wildman–Crippen LogP) is 5.13. The van der Waals surface area contributed by atoms with E-state index >= 15 is 0 Å². The molecule has 3 rings (SSSR count). The van der Waals surface area contributed by atoms with Crippen LogP contribution in [0.15, 0.2) is 42.5 Å². The lowest BCUT2D eigenvalue weighted by Crippen LogP contribution is -2.28. The summed E-state index contributed by atoms with van der Waals surface area (Å²) in [7, 11) is 1.41. The van der Waals surface area contributed by atoms with Crippen LogP contribution in [-0.2, 0) is 22.6 Å². The molecule has 0 aromatic heterocycles. The van der Waals surface area contributed by atoms with Crippen LogP contribution in [0.4, 0.5) is 0 Å². The molecule has 152 valence electrons. The molecule has 2 aromatic carbocycles. The number of nitrogens with one attached hydrogen (secondary N) is 1. The van der Waals surface area contributed by atoms with Crippen LogP contribution in [0.1, 0.15) is 49.3 Å². The van der Waals surface area contributed by atoms with Gasteiger partial charge < -0.3 is 14.8 Å². The van der Waals surface area contributed by atoms with Gasteiger partial charge in [-0.25, -0.2) is 0 Å². The fraction of sp³-hybridized carbons (Fsp3) is 0.435. The molecule has 1 unspecified atom stereocenters. The molecular formula is C23H30ClNO3. The number of methoxy groups -OCH3 is 1. The number of carbonyl (C=O) groups is 1. The van der Waals surface area contributed by atoms with Crippen LogP contribution in [0.3, 0.4) is 0 Å². The number of ether oxygens (including phenoxy) is 2. The topological polar surface area (TPSA) is 47.6 Å². The first-order valence-corrected chi connectivity index (χ1v) is 10.3. The minimum Gasteiger partial charge on any atom is -0.489 e. The molecule has 0 bridgehead atoms. The van der Waals surface area contributed by atoms with Crippen LogP contribution in [-0.4, -0.2) is 26.2 Å². The van der Waals surface area contributed by atoms with Crippen LogP contribution >= 0.6 is 11.6 Å². The van der Waals surface area contributed by atoms with E-state index in [9.17, 15) is 4.79 Å². The summed E-state index contributed by atoms with van der Waals surface area (Å²) < 4.78 is 10.9. The number of benzene rings is 2. The highest BCUT2D eigenvalue weighted by molar-refractivity contribution is 6.30. The summed E-state index contributed by atoms with van der Waals surface area (Å²) in [6, 6.07) is 13.7. The van der Waals surface area contributed by atoms with Crippen molar-refractivity contribution in [3.63, 3.8) is 0 Å². The van der Waals surface area contributed by atoms with E-state index in [4.69, 9.17) is 21.1 Å². The lowest BCUT2D eigenvalue weighted by molar-refractivity contribution is -0.139. The van der Waals surface area contributed by atoms with Crippen LogP contribution in [0.25, 0.3) is 0 Å². The van der Waals surface area contributed by atoms with Gasteiger partial charge in [0.2, 0.25) is 0 Å². The Labute approximate surface area is 173 Å². The standard InChI is InChI=1S/C21H24ClNO3.C2H6/c1-25-21(24)12-16-6-9-20(19(11-16)17-3-2-10-23-13-17)26-14-15-4-7-18(22)8-5-15;1-2/h4-9,11,17,23H,2-3,10,12-14H2,1H3;1-2H3. The van der Waals surface area contributed by atoms with Crippen LogP contribution in [0.5, 0.6) is 5.75 Å². The number of rotatable bonds is 6. The third-order valence-corrected chi connectivity index (χ3v) is 4.95. The molecule has 0 aliphatic carbocycles. The van der Waals surface area contributed by atoms with Crippen molar-refractivity contribution in [1.82, 2.24) is 5.32 Å². The molecule has 1 N–H and O–H groups in total. The average Bonchev–Trinajstić information content (AvgIpc) is 2.76. The van der Waals surface area contributed by atoms with Crippen molar-refractivity contribution < 1.29 is 14.3 Å². The van der Waals surface area contributed by atoms with Crippen molar-refractivity contribution in [2.75, 3.05) is 20.2 Å². The Morgan fingerprint density at radius 2 is 1.86 bits per heavy atom. The van der Waals surface area contributed by atoms with Gasteiger partial charge in [-0.05, 0) is 54.3 Å². The Balaban J connectivity index is 0.00000136. The SMILES string of the molecule is CC.COC(=O)Cc1ccc(OCc2ccc(Cl)cc2)c(C2CCCNC2)c1. The zero-order chi connectivity index (χ0) is 20.4. The summed E-state index contributed by atoms with van der Waals surface area (Å²) in [5, 5.41) is 4.17. The van der Waals surface area contributed by atoms with E-state index in [1.54, 1.807) is 0 Å². The largest absolute Gasteiger partial charge is 0.489 e. The molecule has 0 amide bonds. The Kier molecular flexibility index (Phi) is 9.32. The molecule has 4 nitrogen and oxygen atoms in total. The molecule has 1 aliphatic rings. The van der Waals surface area contributed by atoms with Gasteiger partial charge in [-0.2, -0.15) is 0 Å². The third-order valence-electron chi connectivity index (χ3n) is 4.69. The molecule has 0 spiro atoms. The molecule has 2 aromatic rings. The smallest absolute Gasteiger partial charge is 0.309 e. The first-order valence-electron chi connectivity index (χ1n) is 9.93. The van der Waals surface area contributed by atoms with Crippen LogP contribution in [0, 0.1) is 0 Å². The van der Waals surface area contributed by atoms with E-state index in [2.05, 4.69) is 11.4 Å². The molecule has 1 heterocycles. The van der Waals surface area contributed by atoms with Crippen molar-refractivity contribution >= 4 is 17.6 Å². The van der Waals surface area contributed by atoms with Gasteiger partial charge in [-0.3, -0.25) is 4.79 Å². The molecule has 1 atom stereocenters.